The summed E-state index contributed by atoms with van der Waals surface area (Å²) in [5, 5.41) is 12.5. The number of aliphatic carboxylic acids is 1. The van der Waals surface area contributed by atoms with E-state index in [9.17, 15) is 14.7 Å². The topological polar surface area (TPSA) is 75.6 Å². The third kappa shape index (κ3) is 8.21. The zero-order chi connectivity index (χ0) is 27.1. The smallest absolute Gasteiger partial charge is 0.303 e. The van der Waals surface area contributed by atoms with Crippen LogP contribution >= 0.6 is 0 Å². The van der Waals surface area contributed by atoms with Gasteiger partial charge in [0.1, 0.15) is 12.4 Å². The molecule has 0 bridgehead atoms. The number of amides is 1. The van der Waals surface area contributed by atoms with Crippen molar-refractivity contribution < 1.29 is 19.4 Å². The summed E-state index contributed by atoms with van der Waals surface area (Å²) in [4.78, 5) is 24.9. The summed E-state index contributed by atoms with van der Waals surface area (Å²) in [6.07, 6.45) is 1.02. The van der Waals surface area contributed by atoms with Gasteiger partial charge in [-0.1, -0.05) is 73.0 Å². The zero-order valence-corrected chi connectivity index (χ0v) is 22.9. The molecule has 0 spiro atoms. The first-order chi connectivity index (χ1) is 17.5. The highest BCUT2D eigenvalue weighted by Gasteiger charge is 2.21. The molecule has 0 aliphatic heterocycles. The molecule has 2 N–H and O–H groups in total. The maximum atomic E-state index is 13.7. The fraction of sp³-hybridized carbons (Fsp3) is 0.375. The Hall–Kier alpha value is -3.60. The first-order valence-electron chi connectivity index (χ1n) is 12.9. The van der Waals surface area contributed by atoms with E-state index < -0.39 is 5.97 Å². The second-order valence-corrected chi connectivity index (χ2v) is 10.5. The van der Waals surface area contributed by atoms with Gasteiger partial charge in [-0.15, -0.1) is 0 Å². The highest BCUT2D eigenvalue weighted by atomic mass is 16.5. The molecule has 1 amide bonds. The predicted molar refractivity (Wildman–Crippen MR) is 148 cm³/mol. The fourth-order valence-electron chi connectivity index (χ4n) is 4.63. The number of carbonyl (C=O) groups is 2. The lowest BCUT2D eigenvalue weighted by molar-refractivity contribution is -0.136. The molecule has 196 valence electrons. The number of carboxylic acid groups (broad SMARTS) is 1. The number of benzene rings is 3. The number of hydrogen-bond donors (Lipinski definition) is 2. The Morgan fingerprint density at radius 3 is 2.22 bits per heavy atom. The van der Waals surface area contributed by atoms with Gasteiger partial charge in [-0.3, -0.25) is 9.59 Å². The van der Waals surface area contributed by atoms with Crippen LogP contribution < -0.4 is 10.1 Å². The van der Waals surface area contributed by atoms with Crippen LogP contribution in [0.15, 0.2) is 54.6 Å². The van der Waals surface area contributed by atoms with Crippen molar-refractivity contribution in [1.82, 2.24) is 5.32 Å². The molecule has 0 heterocycles. The monoisotopic (exact) mass is 501 g/mol. The van der Waals surface area contributed by atoms with Gasteiger partial charge < -0.3 is 15.2 Å². The van der Waals surface area contributed by atoms with Gasteiger partial charge in [-0.25, -0.2) is 0 Å². The Kier molecular flexibility index (Phi) is 9.51. The van der Waals surface area contributed by atoms with Gasteiger partial charge in [0, 0.05) is 12.0 Å². The molecule has 0 saturated carbocycles. The lowest BCUT2D eigenvalue weighted by Crippen LogP contribution is -2.30. The van der Waals surface area contributed by atoms with Crippen molar-refractivity contribution in [2.75, 3.05) is 0 Å². The summed E-state index contributed by atoms with van der Waals surface area (Å²) in [5.74, 6) is -0.154. The highest BCUT2D eigenvalue weighted by Crippen LogP contribution is 2.26. The molecule has 0 saturated heterocycles. The van der Waals surface area contributed by atoms with Gasteiger partial charge >= 0.3 is 5.97 Å². The van der Waals surface area contributed by atoms with Crippen molar-refractivity contribution in [3.8, 4) is 5.75 Å². The van der Waals surface area contributed by atoms with Gasteiger partial charge in [0.05, 0.1) is 6.04 Å². The molecular formula is C32H39NO4. The Balaban J connectivity index is 1.90. The summed E-state index contributed by atoms with van der Waals surface area (Å²) in [6, 6.07) is 17.8. The van der Waals surface area contributed by atoms with Crippen LogP contribution in [0, 0.1) is 33.6 Å². The van der Waals surface area contributed by atoms with Gasteiger partial charge in [0.25, 0.3) is 5.91 Å². The maximum Gasteiger partial charge on any atom is 0.303 e. The first-order valence-corrected chi connectivity index (χ1v) is 12.9. The van der Waals surface area contributed by atoms with Crippen molar-refractivity contribution in [2.24, 2.45) is 5.92 Å². The van der Waals surface area contributed by atoms with Crippen molar-refractivity contribution in [2.45, 2.75) is 73.5 Å². The van der Waals surface area contributed by atoms with E-state index in [4.69, 9.17) is 4.74 Å². The highest BCUT2D eigenvalue weighted by molar-refractivity contribution is 5.96. The fourth-order valence-corrected chi connectivity index (χ4v) is 4.63. The molecule has 0 aromatic heterocycles. The molecule has 0 aliphatic carbocycles. The van der Waals surface area contributed by atoms with E-state index >= 15 is 0 Å². The van der Waals surface area contributed by atoms with Crippen LogP contribution in [0.2, 0.25) is 0 Å². The number of aryl methyl sites for hydroxylation is 5. The minimum Gasteiger partial charge on any atom is -0.489 e. The molecule has 5 heteroatoms. The Morgan fingerprint density at radius 1 is 0.865 bits per heavy atom. The molecule has 0 radical (unpaired) electrons. The average molecular weight is 502 g/mol. The molecule has 37 heavy (non-hydrogen) atoms. The standard InChI is InChI=1S/C32H39NO4/c1-20(2)13-30(26-16-22(4)14-23(5)17-26)33-32(36)29-18-28(11-9-25(29)10-12-31(34)35)37-19-27-15-21(3)7-8-24(27)6/h7-9,11,14-18,20,30H,10,12-13,19H2,1-6H3,(H,33,36)(H,34,35). The minimum absolute atomic E-state index is 0.0462. The Morgan fingerprint density at radius 2 is 1.57 bits per heavy atom. The van der Waals surface area contributed by atoms with Crippen LogP contribution in [0.4, 0.5) is 0 Å². The lowest BCUT2D eigenvalue weighted by Gasteiger charge is -2.23. The SMILES string of the molecule is Cc1cc(C)cc(C(CC(C)C)NC(=O)c2cc(OCc3cc(C)ccc3C)ccc2CCC(=O)O)c1. The zero-order valence-electron chi connectivity index (χ0n) is 22.9. The van der Waals surface area contributed by atoms with Crippen LogP contribution in [0.3, 0.4) is 0 Å². The normalized spacial score (nSPS) is 11.9. The number of nitrogens with one attached hydrogen (secondary N) is 1. The molecule has 5 nitrogen and oxygen atoms in total. The average Bonchev–Trinajstić information content (AvgIpc) is 2.82. The molecule has 1 atom stereocenters. The van der Waals surface area contributed by atoms with Crippen LogP contribution in [0.1, 0.15) is 82.0 Å². The van der Waals surface area contributed by atoms with Crippen molar-refractivity contribution in [3.05, 3.63) is 99.1 Å². The van der Waals surface area contributed by atoms with Crippen LogP contribution in [0.25, 0.3) is 0 Å². The van der Waals surface area contributed by atoms with E-state index in [0.29, 0.717) is 29.4 Å². The second-order valence-electron chi connectivity index (χ2n) is 10.5. The predicted octanol–water partition coefficient (Wildman–Crippen LogP) is 7.03. The minimum atomic E-state index is -0.894. The molecule has 3 aromatic carbocycles. The Bertz CT molecular complexity index is 1240. The number of carbonyl (C=O) groups excluding carboxylic acids is 1. The van der Waals surface area contributed by atoms with E-state index in [1.807, 2.05) is 26.0 Å². The second kappa shape index (κ2) is 12.6. The molecule has 0 aliphatic rings. The summed E-state index contributed by atoms with van der Waals surface area (Å²) in [5.41, 5.74) is 7.94. The van der Waals surface area contributed by atoms with Crippen molar-refractivity contribution in [3.63, 3.8) is 0 Å². The van der Waals surface area contributed by atoms with Crippen molar-refractivity contribution >= 4 is 11.9 Å². The van der Waals surface area contributed by atoms with E-state index in [1.165, 1.54) is 0 Å². The summed E-state index contributed by atoms with van der Waals surface area (Å²) in [6.45, 7) is 12.9. The van der Waals surface area contributed by atoms with E-state index in [2.05, 4.69) is 69.4 Å². The third-order valence-electron chi connectivity index (χ3n) is 6.49. The van der Waals surface area contributed by atoms with Gasteiger partial charge in [-0.05, 0) is 80.8 Å². The molecule has 3 rings (SSSR count). The van der Waals surface area contributed by atoms with Crippen LogP contribution in [0.5, 0.6) is 5.75 Å². The van der Waals surface area contributed by atoms with Crippen LogP contribution in [-0.2, 0) is 17.8 Å². The van der Waals surface area contributed by atoms with Gasteiger partial charge in [0.15, 0.2) is 0 Å². The van der Waals surface area contributed by atoms with Gasteiger partial charge in [-0.2, -0.15) is 0 Å². The number of carboxylic acids is 1. The number of rotatable bonds is 11. The van der Waals surface area contributed by atoms with Crippen molar-refractivity contribution in [1.29, 1.82) is 0 Å². The lowest BCUT2D eigenvalue weighted by atomic mass is 9.93. The van der Waals surface area contributed by atoms with Crippen LogP contribution in [-0.4, -0.2) is 17.0 Å². The molecular weight excluding hydrogens is 462 g/mol. The molecule has 0 fully saturated rings. The Labute approximate surface area is 220 Å². The quantitative estimate of drug-likeness (QED) is 0.296. The maximum absolute atomic E-state index is 13.7. The first kappa shape index (κ1) is 28.0. The summed E-state index contributed by atoms with van der Waals surface area (Å²) in [7, 11) is 0. The van der Waals surface area contributed by atoms with E-state index in [0.717, 1.165) is 39.8 Å². The van der Waals surface area contributed by atoms with E-state index in [-0.39, 0.29) is 24.8 Å². The van der Waals surface area contributed by atoms with E-state index in [1.54, 1.807) is 6.07 Å². The molecule has 3 aromatic rings. The van der Waals surface area contributed by atoms with Gasteiger partial charge in [0.2, 0.25) is 0 Å². The molecule has 1 unspecified atom stereocenters. The number of ether oxygens (including phenoxy) is 1. The third-order valence-corrected chi connectivity index (χ3v) is 6.49. The summed E-state index contributed by atoms with van der Waals surface area (Å²) < 4.78 is 6.09. The number of hydrogen-bond acceptors (Lipinski definition) is 3. The largest absolute Gasteiger partial charge is 0.489 e. The summed E-state index contributed by atoms with van der Waals surface area (Å²) >= 11 is 0.